The standard InChI is InChI=1S/C17H21N3O2S/c1-12-3-5-14(23-12)10-20-17(18-2)19-8-7-13-4-6-15-16(9-13)22-11-21-15/h3-6,9H,7-8,10-11H2,1-2H3,(H2,18,19,20). The third-order valence-electron chi connectivity index (χ3n) is 3.59. The zero-order chi connectivity index (χ0) is 16.1. The Morgan fingerprint density at radius 2 is 2.04 bits per heavy atom. The van der Waals surface area contributed by atoms with E-state index in [2.05, 4.69) is 40.7 Å². The van der Waals surface area contributed by atoms with Crippen LogP contribution in [0.3, 0.4) is 0 Å². The molecule has 5 nitrogen and oxygen atoms in total. The number of rotatable bonds is 5. The number of nitrogens with zero attached hydrogens (tertiary/aromatic N) is 1. The van der Waals surface area contributed by atoms with Crippen LogP contribution in [0.1, 0.15) is 15.3 Å². The second-order valence-electron chi connectivity index (χ2n) is 5.30. The van der Waals surface area contributed by atoms with Crippen molar-refractivity contribution in [3.05, 3.63) is 45.6 Å². The average Bonchev–Trinajstić information content (AvgIpc) is 3.18. The minimum atomic E-state index is 0.315. The Labute approximate surface area is 140 Å². The first-order chi connectivity index (χ1) is 11.2. The highest BCUT2D eigenvalue weighted by Gasteiger charge is 2.12. The van der Waals surface area contributed by atoms with Gasteiger partial charge in [-0.15, -0.1) is 11.3 Å². The summed E-state index contributed by atoms with van der Waals surface area (Å²) in [6.45, 7) is 4.04. The van der Waals surface area contributed by atoms with E-state index in [4.69, 9.17) is 9.47 Å². The molecule has 0 atom stereocenters. The van der Waals surface area contributed by atoms with Crippen LogP contribution in [0.4, 0.5) is 0 Å². The first kappa shape index (κ1) is 15.7. The van der Waals surface area contributed by atoms with E-state index in [0.29, 0.717) is 6.79 Å². The summed E-state index contributed by atoms with van der Waals surface area (Å²) >= 11 is 1.80. The van der Waals surface area contributed by atoms with Gasteiger partial charge in [0.1, 0.15) is 0 Å². The predicted molar refractivity (Wildman–Crippen MR) is 93.5 cm³/mol. The minimum Gasteiger partial charge on any atom is -0.454 e. The van der Waals surface area contributed by atoms with Crippen LogP contribution in [-0.2, 0) is 13.0 Å². The normalized spacial score (nSPS) is 13.2. The highest BCUT2D eigenvalue weighted by Crippen LogP contribution is 2.32. The SMILES string of the molecule is CN=C(NCCc1ccc2c(c1)OCO2)NCc1ccc(C)s1. The zero-order valence-corrected chi connectivity index (χ0v) is 14.2. The Kier molecular flexibility index (Phi) is 5.02. The molecule has 0 unspecified atom stereocenters. The number of fused-ring (bicyclic) bond motifs is 1. The van der Waals surface area contributed by atoms with Crippen molar-refractivity contribution in [2.45, 2.75) is 19.9 Å². The van der Waals surface area contributed by atoms with Gasteiger partial charge < -0.3 is 20.1 Å². The lowest BCUT2D eigenvalue weighted by Crippen LogP contribution is -2.37. The van der Waals surface area contributed by atoms with Gasteiger partial charge in [0.05, 0.1) is 6.54 Å². The maximum Gasteiger partial charge on any atom is 0.231 e. The number of guanidine groups is 1. The minimum absolute atomic E-state index is 0.315. The predicted octanol–water partition coefficient (Wildman–Crippen LogP) is 2.69. The van der Waals surface area contributed by atoms with Gasteiger partial charge in [-0.2, -0.15) is 0 Å². The summed E-state index contributed by atoms with van der Waals surface area (Å²) < 4.78 is 10.7. The molecule has 0 fully saturated rings. The Balaban J connectivity index is 1.45. The van der Waals surface area contributed by atoms with Crippen LogP contribution in [-0.4, -0.2) is 26.3 Å². The Morgan fingerprint density at radius 3 is 2.83 bits per heavy atom. The fraction of sp³-hybridized carbons (Fsp3) is 0.353. The average molecular weight is 331 g/mol. The van der Waals surface area contributed by atoms with Crippen molar-refractivity contribution in [3.8, 4) is 11.5 Å². The van der Waals surface area contributed by atoms with Crippen molar-refractivity contribution in [1.82, 2.24) is 10.6 Å². The highest BCUT2D eigenvalue weighted by atomic mass is 32.1. The van der Waals surface area contributed by atoms with Crippen LogP contribution in [0.2, 0.25) is 0 Å². The van der Waals surface area contributed by atoms with Gasteiger partial charge >= 0.3 is 0 Å². The zero-order valence-electron chi connectivity index (χ0n) is 13.4. The molecule has 2 aromatic rings. The fourth-order valence-electron chi connectivity index (χ4n) is 2.39. The van der Waals surface area contributed by atoms with Gasteiger partial charge in [-0.25, -0.2) is 0 Å². The van der Waals surface area contributed by atoms with Crippen LogP contribution in [0.25, 0.3) is 0 Å². The summed E-state index contributed by atoms with van der Waals surface area (Å²) in [7, 11) is 1.79. The fourth-order valence-corrected chi connectivity index (χ4v) is 3.22. The molecule has 0 amide bonds. The summed E-state index contributed by atoms with van der Waals surface area (Å²) in [5.74, 6) is 2.47. The monoisotopic (exact) mass is 331 g/mol. The van der Waals surface area contributed by atoms with Crippen molar-refractivity contribution in [2.24, 2.45) is 4.99 Å². The van der Waals surface area contributed by atoms with Gasteiger partial charge in [0.25, 0.3) is 0 Å². The van der Waals surface area contributed by atoms with Crippen molar-refractivity contribution in [2.75, 3.05) is 20.4 Å². The van der Waals surface area contributed by atoms with Gasteiger partial charge in [0, 0.05) is 23.3 Å². The van der Waals surface area contributed by atoms with Crippen LogP contribution in [0.15, 0.2) is 35.3 Å². The number of aryl methyl sites for hydroxylation is 1. The van der Waals surface area contributed by atoms with Crippen molar-refractivity contribution < 1.29 is 9.47 Å². The number of thiophene rings is 1. The molecule has 122 valence electrons. The Bertz CT molecular complexity index is 697. The van der Waals surface area contributed by atoms with Crippen molar-refractivity contribution in [3.63, 3.8) is 0 Å². The lowest BCUT2D eigenvalue weighted by atomic mass is 10.1. The van der Waals surface area contributed by atoms with Crippen LogP contribution in [0, 0.1) is 6.92 Å². The molecule has 2 heterocycles. The van der Waals surface area contributed by atoms with Crippen LogP contribution < -0.4 is 20.1 Å². The van der Waals surface area contributed by atoms with Gasteiger partial charge in [-0.3, -0.25) is 4.99 Å². The molecule has 6 heteroatoms. The lowest BCUT2D eigenvalue weighted by molar-refractivity contribution is 0.174. The Hall–Kier alpha value is -2.21. The molecule has 0 aliphatic carbocycles. The van der Waals surface area contributed by atoms with Gasteiger partial charge in [0.2, 0.25) is 6.79 Å². The molecule has 1 aromatic heterocycles. The molecule has 23 heavy (non-hydrogen) atoms. The van der Waals surface area contributed by atoms with E-state index >= 15 is 0 Å². The van der Waals surface area contributed by atoms with Crippen molar-refractivity contribution >= 4 is 17.3 Å². The summed E-state index contributed by atoms with van der Waals surface area (Å²) in [6.07, 6.45) is 0.898. The second-order valence-corrected chi connectivity index (χ2v) is 6.67. The van der Waals surface area contributed by atoms with Crippen LogP contribution in [0.5, 0.6) is 11.5 Å². The number of hydrogen-bond acceptors (Lipinski definition) is 4. The maximum atomic E-state index is 5.40. The number of ether oxygens (including phenoxy) is 2. The Morgan fingerprint density at radius 1 is 1.17 bits per heavy atom. The van der Waals surface area contributed by atoms with E-state index in [1.165, 1.54) is 15.3 Å². The molecular formula is C17H21N3O2S. The molecule has 3 rings (SSSR count). The summed E-state index contributed by atoms with van der Waals surface area (Å²) in [4.78, 5) is 6.89. The first-order valence-electron chi connectivity index (χ1n) is 7.63. The van der Waals surface area contributed by atoms with E-state index in [1.54, 1.807) is 18.4 Å². The molecule has 0 saturated heterocycles. The number of aliphatic imine (C=N–C) groups is 1. The number of benzene rings is 1. The van der Waals surface area contributed by atoms with Gasteiger partial charge in [-0.05, 0) is 43.2 Å². The molecule has 0 spiro atoms. The van der Waals surface area contributed by atoms with E-state index in [0.717, 1.165) is 37.0 Å². The summed E-state index contributed by atoms with van der Waals surface area (Å²) in [5, 5.41) is 6.67. The smallest absolute Gasteiger partial charge is 0.231 e. The number of hydrogen-bond donors (Lipinski definition) is 2. The largest absolute Gasteiger partial charge is 0.454 e. The summed E-state index contributed by atoms with van der Waals surface area (Å²) in [5.41, 5.74) is 1.21. The number of nitrogens with one attached hydrogen (secondary N) is 2. The topological polar surface area (TPSA) is 54.9 Å². The van der Waals surface area contributed by atoms with E-state index in [1.807, 2.05) is 12.1 Å². The van der Waals surface area contributed by atoms with Gasteiger partial charge in [0.15, 0.2) is 17.5 Å². The van der Waals surface area contributed by atoms with Crippen LogP contribution >= 0.6 is 11.3 Å². The van der Waals surface area contributed by atoms with E-state index < -0.39 is 0 Å². The van der Waals surface area contributed by atoms with E-state index in [9.17, 15) is 0 Å². The highest BCUT2D eigenvalue weighted by molar-refractivity contribution is 7.11. The molecule has 0 bridgehead atoms. The molecule has 1 aliphatic rings. The maximum absolute atomic E-state index is 5.40. The molecule has 1 aliphatic heterocycles. The quantitative estimate of drug-likeness (QED) is 0.653. The van der Waals surface area contributed by atoms with E-state index in [-0.39, 0.29) is 0 Å². The second kappa shape index (κ2) is 7.37. The summed E-state index contributed by atoms with van der Waals surface area (Å²) in [6, 6.07) is 10.3. The third kappa shape index (κ3) is 4.16. The molecule has 1 aromatic carbocycles. The van der Waals surface area contributed by atoms with Crippen molar-refractivity contribution in [1.29, 1.82) is 0 Å². The molecule has 0 saturated carbocycles. The molecule has 0 radical (unpaired) electrons. The van der Waals surface area contributed by atoms with Gasteiger partial charge in [-0.1, -0.05) is 6.07 Å². The molecular weight excluding hydrogens is 310 g/mol. The first-order valence-corrected chi connectivity index (χ1v) is 8.44. The molecule has 2 N–H and O–H groups in total. The third-order valence-corrected chi connectivity index (χ3v) is 4.59. The lowest BCUT2D eigenvalue weighted by Gasteiger charge is -2.11.